The predicted octanol–water partition coefficient (Wildman–Crippen LogP) is 3.21. The second-order valence-corrected chi connectivity index (χ2v) is 6.78. The summed E-state index contributed by atoms with van der Waals surface area (Å²) in [7, 11) is 0. The summed E-state index contributed by atoms with van der Waals surface area (Å²) in [5, 5.41) is 2.47. The normalized spacial score (nSPS) is 10.2. The smallest absolute Gasteiger partial charge is 0.273 e. The van der Waals surface area contributed by atoms with Crippen molar-refractivity contribution >= 4 is 29.1 Å². The minimum absolute atomic E-state index is 0.0466. The Labute approximate surface area is 175 Å². The van der Waals surface area contributed by atoms with Crippen molar-refractivity contribution in [2.75, 3.05) is 6.61 Å². The highest BCUT2D eigenvalue weighted by atomic mass is 32.1. The van der Waals surface area contributed by atoms with Crippen molar-refractivity contribution in [3.63, 3.8) is 0 Å². The first-order valence-electron chi connectivity index (χ1n) is 9.31. The number of thiocarbonyl (C=S) groups is 1. The molecule has 2 aromatic rings. The third-order valence-corrected chi connectivity index (χ3v) is 3.81. The molecule has 0 aliphatic carbocycles. The molecule has 2 amide bonds. The van der Waals surface area contributed by atoms with Crippen molar-refractivity contribution < 1.29 is 19.1 Å². The maximum Gasteiger partial charge on any atom is 0.273 e. The number of hydrazine groups is 1. The lowest BCUT2D eigenvalue weighted by molar-refractivity contribution is 0.0929. The molecule has 0 unspecified atom stereocenters. The Morgan fingerprint density at radius 3 is 2.14 bits per heavy atom. The van der Waals surface area contributed by atoms with Gasteiger partial charge in [-0.15, -0.1) is 0 Å². The van der Waals surface area contributed by atoms with Crippen LogP contribution in [0.1, 0.15) is 47.9 Å². The number of carbonyl (C=O) groups excluding carboxylic acids is 2. The summed E-state index contributed by atoms with van der Waals surface area (Å²) in [5.41, 5.74) is 5.69. The molecule has 0 aromatic heterocycles. The quantitative estimate of drug-likeness (QED) is 0.475. The Bertz CT molecular complexity index is 871. The van der Waals surface area contributed by atoms with E-state index in [-0.39, 0.29) is 11.2 Å². The topological polar surface area (TPSA) is 88.7 Å². The fourth-order valence-corrected chi connectivity index (χ4v) is 2.53. The summed E-state index contributed by atoms with van der Waals surface area (Å²) < 4.78 is 11.2. The maximum absolute atomic E-state index is 12.5. The first-order valence-corrected chi connectivity index (χ1v) is 9.72. The standard InChI is InChI=1S/C21H25N3O4S/c1-4-13-27-17-11-7-5-9-15(17)20(26)23-24-21(29)22-19(25)16-10-6-8-12-18(16)28-14(2)3/h5-12,14H,4,13H2,1-3H3,(H,23,26)(H2,22,24,25,29). The fraction of sp³-hybridized carbons (Fsp3) is 0.286. The van der Waals surface area contributed by atoms with Gasteiger partial charge in [-0.3, -0.25) is 25.8 Å². The number of benzene rings is 2. The van der Waals surface area contributed by atoms with E-state index >= 15 is 0 Å². The van der Waals surface area contributed by atoms with E-state index in [1.807, 2.05) is 20.8 Å². The largest absolute Gasteiger partial charge is 0.493 e. The van der Waals surface area contributed by atoms with Gasteiger partial charge in [0.05, 0.1) is 23.8 Å². The van der Waals surface area contributed by atoms with E-state index in [9.17, 15) is 9.59 Å². The summed E-state index contributed by atoms with van der Waals surface area (Å²) in [5.74, 6) is 0.0497. The molecule has 0 aliphatic heterocycles. The molecule has 0 atom stereocenters. The summed E-state index contributed by atoms with van der Waals surface area (Å²) >= 11 is 5.10. The van der Waals surface area contributed by atoms with Gasteiger partial charge in [-0.25, -0.2) is 0 Å². The number of rotatable bonds is 7. The van der Waals surface area contributed by atoms with E-state index < -0.39 is 11.8 Å². The summed E-state index contributed by atoms with van der Waals surface area (Å²) in [4.78, 5) is 24.9. The predicted molar refractivity (Wildman–Crippen MR) is 115 cm³/mol. The zero-order chi connectivity index (χ0) is 21.2. The van der Waals surface area contributed by atoms with Crippen molar-refractivity contribution in [1.29, 1.82) is 0 Å². The van der Waals surface area contributed by atoms with Crippen LogP contribution >= 0.6 is 12.2 Å². The zero-order valence-corrected chi connectivity index (χ0v) is 17.5. The number of hydrogen-bond donors (Lipinski definition) is 3. The van der Waals surface area contributed by atoms with Crippen LogP contribution in [0.5, 0.6) is 11.5 Å². The molecule has 0 spiro atoms. The SMILES string of the molecule is CCCOc1ccccc1C(=O)NNC(=S)NC(=O)c1ccccc1OC(C)C. The average Bonchev–Trinajstić information content (AvgIpc) is 2.70. The Hall–Kier alpha value is -3.13. The van der Waals surface area contributed by atoms with E-state index in [4.69, 9.17) is 21.7 Å². The highest BCUT2D eigenvalue weighted by Gasteiger charge is 2.16. The molecule has 0 heterocycles. The first kappa shape index (κ1) is 22.2. The molecule has 0 aliphatic rings. The number of nitrogens with one attached hydrogen (secondary N) is 3. The fourth-order valence-electron chi connectivity index (χ4n) is 2.39. The molecule has 154 valence electrons. The van der Waals surface area contributed by atoms with Gasteiger partial charge >= 0.3 is 0 Å². The molecule has 8 heteroatoms. The minimum Gasteiger partial charge on any atom is -0.493 e. The van der Waals surface area contributed by atoms with Crippen molar-refractivity contribution in [2.45, 2.75) is 33.3 Å². The molecule has 0 saturated carbocycles. The van der Waals surface area contributed by atoms with Crippen molar-refractivity contribution in [1.82, 2.24) is 16.2 Å². The number of ether oxygens (including phenoxy) is 2. The third kappa shape index (κ3) is 6.76. The number of para-hydroxylation sites is 2. The van der Waals surface area contributed by atoms with Crippen LogP contribution in [0.2, 0.25) is 0 Å². The molecule has 2 rings (SSSR count). The lowest BCUT2D eigenvalue weighted by Crippen LogP contribution is -2.48. The van der Waals surface area contributed by atoms with Gasteiger partial charge in [0, 0.05) is 0 Å². The van der Waals surface area contributed by atoms with Gasteiger partial charge in [-0.2, -0.15) is 0 Å². The molecule has 0 bridgehead atoms. The van der Waals surface area contributed by atoms with Crippen LogP contribution in [0.4, 0.5) is 0 Å². The molecule has 7 nitrogen and oxygen atoms in total. The second kappa shape index (κ2) is 11.0. The minimum atomic E-state index is -0.445. The van der Waals surface area contributed by atoms with Crippen molar-refractivity contribution in [2.24, 2.45) is 0 Å². The van der Waals surface area contributed by atoms with Gasteiger partial charge in [0.25, 0.3) is 11.8 Å². The third-order valence-electron chi connectivity index (χ3n) is 3.60. The van der Waals surface area contributed by atoms with E-state index in [1.54, 1.807) is 48.5 Å². The molecular formula is C21H25N3O4S. The van der Waals surface area contributed by atoms with Gasteiger partial charge in [0.1, 0.15) is 11.5 Å². The lowest BCUT2D eigenvalue weighted by Gasteiger charge is -2.15. The summed E-state index contributed by atoms with van der Waals surface area (Å²) in [6.07, 6.45) is 0.745. The number of carbonyl (C=O) groups is 2. The van der Waals surface area contributed by atoms with Crippen molar-refractivity contribution in [3.8, 4) is 11.5 Å². The lowest BCUT2D eigenvalue weighted by atomic mass is 10.2. The van der Waals surface area contributed by atoms with Crippen LogP contribution < -0.4 is 25.6 Å². The summed E-state index contributed by atoms with van der Waals surface area (Å²) in [6, 6.07) is 13.7. The Balaban J connectivity index is 1.95. The Morgan fingerprint density at radius 1 is 0.931 bits per heavy atom. The van der Waals surface area contributed by atoms with E-state index in [2.05, 4.69) is 16.2 Å². The zero-order valence-electron chi connectivity index (χ0n) is 16.7. The molecule has 0 radical (unpaired) electrons. The second-order valence-electron chi connectivity index (χ2n) is 6.37. The molecular weight excluding hydrogens is 390 g/mol. The van der Waals surface area contributed by atoms with Crippen molar-refractivity contribution in [3.05, 3.63) is 59.7 Å². The monoisotopic (exact) mass is 415 g/mol. The van der Waals surface area contributed by atoms with Gasteiger partial charge < -0.3 is 9.47 Å². The number of hydrogen-bond acceptors (Lipinski definition) is 5. The molecule has 0 saturated heterocycles. The maximum atomic E-state index is 12.5. The van der Waals surface area contributed by atoms with E-state index in [1.165, 1.54) is 0 Å². The average molecular weight is 416 g/mol. The van der Waals surface area contributed by atoms with Crippen LogP contribution in [0.3, 0.4) is 0 Å². The van der Waals surface area contributed by atoms with Gasteiger partial charge in [0.15, 0.2) is 5.11 Å². The molecule has 0 fully saturated rings. The van der Waals surface area contributed by atoms with E-state index in [0.29, 0.717) is 29.2 Å². The van der Waals surface area contributed by atoms with Gasteiger partial charge in [-0.1, -0.05) is 31.2 Å². The van der Waals surface area contributed by atoms with Crippen LogP contribution in [0.25, 0.3) is 0 Å². The van der Waals surface area contributed by atoms with Gasteiger partial charge in [0.2, 0.25) is 0 Å². The molecule has 29 heavy (non-hydrogen) atoms. The Morgan fingerprint density at radius 2 is 1.52 bits per heavy atom. The highest BCUT2D eigenvalue weighted by Crippen LogP contribution is 2.19. The van der Waals surface area contributed by atoms with Crippen LogP contribution in [0, 0.1) is 0 Å². The van der Waals surface area contributed by atoms with Crippen LogP contribution in [0.15, 0.2) is 48.5 Å². The highest BCUT2D eigenvalue weighted by molar-refractivity contribution is 7.80. The van der Waals surface area contributed by atoms with Crippen LogP contribution in [-0.2, 0) is 0 Å². The van der Waals surface area contributed by atoms with Gasteiger partial charge in [-0.05, 0) is 56.8 Å². The van der Waals surface area contributed by atoms with E-state index in [0.717, 1.165) is 6.42 Å². The molecule has 3 N–H and O–H groups in total. The molecule has 2 aromatic carbocycles. The Kier molecular flexibility index (Phi) is 8.42. The summed E-state index contributed by atoms with van der Waals surface area (Å²) in [6.45, 7) is 6.23. The number of amides is 2. The first-order chi connectivity index (χ1) is 13.9. The van der Waals surface area contributed by atoms with Crippen LogP contribution in [-0.4, -0.2) is 29.6 Å².